The number of anilines is 1. The van der Waals surface area contributed by atoms with Crippen molar-refractivity contribution < 1.29 is 46.9 Å². The third-order valence-electron chi connectivity index (χ3n) is 4.15. The SMILES string of the molecule is CC(C)(O/N=C(\C(=O)NC1C(=O)N(S(=O)(=O)O)C1C(=O)NCC(N)=O)c1csc(N)n1)C(=O)O. The Bertz CT molecular complexity index is 1180. The number of carboxylic acids is 1. The molecule has 17 nitrogen and oxygen atoms in total. The van der Waals surface area contributed by atoms with Crippen LogP contribution in [0.4, 0.5) is 5.13 Å². The zero-order valence-corrected chi connectivity index (χ0v) is 19.0. The quantitative estimate of drug-likeness (QED) is 0.0754. The highest BCUT2D eigenvalue weighted by Gasteiger charge is 2.58. The number of nitrogens with one attached hydrogen (secondary N) is 2. The fraction of sp³-hybridized carbons (Fsp3) is 0.400. The summed E-state index contributed by atoms with van der Waals surface area (Å²) in [5.41, 5.74) is 7.70. The molecule has 8 N–H and O–H groups in total. The van der Waals surface area contributed by atoms with Crippen LogP contribution in [0.25, 0.3) is 0 Å². The van der Waals surface area contributed by atoms with E-state index in [0.717, 1.165) is 25.2 Å². The Morgan fingerprint density at radius 3 is 2.44 bits per heavy atom. The molecule has 19 heteroatoms. The van der Waals surface area contributed by atoms with E-state index in [-0.39, 0.29) is 15.1 Å². The van der Waals surface area contributed by atoms with Crippen LogP contribution >= 0.6 is 11.3 Å². The van der Waals surface area contributed by atoms with Crippen LogP contribution in [0.3, 0.4) is 0 Å². The second kappa shape index (κ2) is 9.57. The molecule has 2 atom stereocenters. The largest absolute Gasteiger partial charge is 0.478 e. The van der Waals surface area contributed by atoms with Crippen molar-refractivity contribution in [2.75, 3.05) is 12.3 Å². The molecular weight excluding hydrogens is 502 g/mol. The lowest BCUT2D eigenvalue weighted by Crippen LogP contribution is -2.76. The molecule has 1 saturated heterocycles. The number of carbonyl (C=O) groups is 5. The van der Waals surface area contributed by atoms with Crippen LogP contribution in [0.15, 0.2) is 10.5 Å². The average Bonchev–Trinajstić information content (AvgIpc) is 3.12. The van der Waals surface area contributed by atoms with Crippen molar-refractivity contribution in [3.05, 3.63) is 11.1 Å². The maximum Gasteiger partial charge on any atom is 0.363 e. The van der Waals surface area contributed by atoms with Crippen molar-refractivity contribution in [3.63, 3.8) is 0 Å². The first-order valence-corrected chi connectivity index (χ1v) is 11.2. The summed E-state index contributed by atoms with van der Waals surface area (Å²) in [5, 5.41) is 17.9. The van der Waals surface area contributed by atoms with Gasteiger partial charge in [-0.15, -0.1) is 11.3 Å². The van der Waals surface area contributed by atoms with E-state index in [9.17, 15) is 36.9 Å². The van der Waals surface area contributed by atoms with Crippen LogP contribution in [0.5, 0.6) is 0 Å². The smallest absolute Gasteiger partial charge is 0.363 e. The first-order chi connectivity index (χ1) is 15.6. The van der Waals surface area contributed by atoms with E-state index < -0.39 is 69.8 Å². The molecule has 0 bridgehead atoms. The van der Waals surface area contributed by atoms with E-state index in [1.54, 1.807) is 0 Å². The molecule has 2 heterocycles. The number of aliphatic carboxylic acids is 1. The lowest BCUT2D eigenvalue weighted by molar-refractivity contribution is -0.161. The first kappa shape index (κ1) is 26.4. The standard InChI is InChI=1S/C15H19N7O10S2/c1-15(2,13(27)28)32-21-7(5-4-33-14(17)19-5)10(24)20-8-9(11(25)18-3-6(16)23)22(12(8)26)34(29,30)31/h4,8-9H,3H2,1-2H3,(H2,16,23)(H2,17,19)(H,18,25)(H,20,24)(H,27,28)(H,29,30,31)/b21-7-. The number of carbonyl (C=O) groups excluding carboxylic acids is 4. The van der Waals surface area contributed by atoms with Gasteiger partial charge in [-0.2, -0.15) is 12.7 Å². The van der Waals surface area contributed by atoms with Gasteiger partial charge in [0.15, 0.2) is 16.9 Å². The number of amides is 4. The van der Waals surface area contributed by atoms with Crippen molar-refractivity contribution in [3.8, 4) is 0 Å². The van der Waals surface area contributed by atoms with Gasteiger partial charge in [0.05, 0.1) is 6.54 Å². The minimum atomic E-state index is -5.22. The zero-order valence-electron chi connectivity index (χ0n) is 17.4. The van der Waals surface area contributed by atoms with Gasteiger partial charge in [-0.25, -0.2) is 9.78 Å². The van der Waals surface area contributed by atoms with Gasteiger partial charge >= 0.3 is 16.3 Å². The van der Waals surface area contributed by atoms with Crippen molar-refractivity contribution in [1.82, 2.24) is 19.9 Å². The van der Waals surface area contributed by atoms with Crippen molar-refractivity contribution in [2.24, 2.45) is 10.9 Å². The van der Waals surface area contributed by atoms with E-state index in [4.69, 9.17) is 21.4 Å². The molecule has 0 aliphatic carbocycles. The normalized spacial score (nSPS) is 18.6. The number of nitrogens with zero attached hydrogens (tertiary/aromatic N) is 3. The number of oxime groups is 1. The number of nitrogen functional groups attached to an aromatic ring is 1. The molecule has 186 valence electrons. The van der Waals surface area contributed by atoms with Gasteiger partial charge in [0.1, 0.15) is 11.7 Å². The minimum Gasteiger partial charge on any atom is -0.478 e. The van der Waals surface area contributed by atoms with E-state index in [0.29, 0.717) is 0 Å². The molecule has 1 aliphatic rings. The number of carboxylic acid groups (broad SMARTS) is 1. The molecule has 2 rings (SSSR count). The molecule has 0 saturated carbocycles. The topological polar surface area (TPSA) is 274 Å². The predicted octanol–water partition coefficient (Wildman–Crippen LogP) is -3.59. The van der Waals surface area contributed by atoms with Crippen LogP contribution in [-0.2, 0) is 39.1 Å². The molecule has 1 aromatic rings. The highest BCUT2D eigenvalue weighted by Crippen LogP contribution is 2.24. The van der Waals surface area contributed by atoms with E-state index in [2.05, 4.69) is 10.1 Å². The number of hydrogen-bond donors (Lipinski definition) is 6. The van der Waals surface area contributed by atoms with Crippen molar-refractivity contribution in [1.29, 1.82) is 0 Å². The average molecular weight is 521 g/mol. The van der Waals surface area contributed by atoms with Gasteiger partial charge < -0.3 is 32.0 Å². The van der Waals surface area contributed by atoms with Crippen LogP contribution in [0.2, 0.25) is 0 Å². The van der Waals surface area contributed by atoms with E-state index >= 15 is 0 Å². The number of thiazole rings is 1. The van der Waals surface area contributed by atoms with Gasteiger partial charge in [-0.1, -0.05) is 5.16 Å². The number of rotatable bonds is 10. The molecule has 1 aliphatic heterocycles. The van der Waals surface area contributed by atoms with Gasteiger partial charge in [-0.3, -0.25) is 23.7 Å². The fourth-order valence-electron chi connectivity index (χ4n) is 2.41. The Balaban J connectivity index is 2.36. The molecule has 1 fully saturated rings. The number of hydrogen-bond acceptors (Lipinski definition) is 12. The second-order valence-electron chi connectivity index (χ2n) is 7.11. The lowest BCUT2D eigenvalue weighted by atomic mass is 9.97. The monoisotopic (exact) mass is 521 g/mol. The number of β-lactam (4-membered cyclic amide) rings is 1. The van der Waals surface area contributed by atoms with Crippen LogP contribution in [0, 0.1) is 0 Å². The molecular formula is C15H19N7O10S2. The minimum absolute atomic E-state index is 0.00558. The first-order valence-electron chi connectivity index (χ1n) is 8.94. The lowest BCUT2D eigenvalue weighted by Gasteiger charge is -2.42. The van der Waals surface area contributed by atoms with Crippen molar-refractivity contribution in [2.45, 2.75) is 31.5 Å². The van der Waals surface area contributed by atoms with Gasteiger partial charge in [0.2, 0.25) is 17.4 Å². The van der Waals surface area contributed by atoms with Crippen LogP contribution < -0.4 is 22.1 Å². The maximum absolute atomic E-state index is 12.8. The Morgan fingerprint density at radius 1 is 1.35 bits per heavy atom. The van der Waals surface area contributed by atoms with E-state index in [1.807, 2.05) is 10.6 Å². The summed E-state index contributed by atoms with van der Waals surface area (Å²) in [6, 6.07) is -3.82. The summed E-state index contributed by atoms with van der Waals surface area (Å²) in [7, 11) is -5.22. The third-order valence-corrected chi connectivity index (χ3v) is 5.73. The van der Waals surface area contributed by atoms with Gasteiger partial charge in [0, 0.05) is 5.38 Å². The molecule has 0 spiro atoms. The Hall–Kier alpha value is -3.84. The van der Waals surface area contributed by atoms with Gasteiger partial charge in [0.25, 0.3) is 11.8 Å². The predicted molar refractivity (Wildman–Crippen MR) is 112 cm³/mol. The Kier molecular flexibility index (Phi) is 7.43. The molecule has 2 unspecified atom stereocenters. The molecule has 1 aromatic heterocycles. The summed E-state index contributed by atoms with van der Waals surface area (Å²) >= 11 is 0.886. The Labute approximate surface area is 195 Å². The Morgan fingerprint density at radius 2 is 1.97 bits per heavy atom. The summed E-state index contributed by atoms with van der Waals surface area (Å²) in [5.74, 6) is -6.28. The molecule has 0 aromatic carbocycles. The number of aromatic nitrogens is 1. The highest BCUT2D eigenvalue weighted by atomic mass is 32.2. The summed E-state index contributed by atoms with van der Waals surface area (Å²) in [4.78, 5) is 68.3. The van der Waals surface area contributed by atoms with Gasteiger partial charge in [-0.05, 0) is 13.8 Å². The molecule has 4 amide bonds. The number of nitrogens with two attached hydrogens (primary N) is 2. The summed E-state index contributed by atoms with van der Waals surface area (Å²) in [6.45, 7) is 1.52. The molecule has 0 radical (unpaired) electrons. The number of primary amides is 1. The summed E-state index contributed by atoms with van der Waals surface area (Å²) in [6.07, 6.45) is 0. The van der Waals surface area contributed by atoms with E-state index in [1.165, 1.54) is 5.38 Å². The zero-order chi connectivity index (χ0) is 26.0. The third kappa shape index (κ3) is 5.74. The highest BCUT2D eigenvalue weighted by molar-refractivity contribution is 7.84. The molecule has 34 heavy (non-hydrogen) atoms. The summed E-state index contributed by atoms with van der Waals surface area (Å²) < 4.78 is 32.0. The second-order valence-corrected chi connectivity index (χ2v) is 9.29. The maximum atomic E-state index is 12.8. The van der Waals surface area contributed by atoms with Crippen LogP contribution in [0.1, 0.15) is 19.5 Å². The fourth-order valence-corrected chi connectivity index (χ4v) is 3.80. The van der Waals surface area contributed by atoms with Crippen molar-refractivity contribution >= 4 is 62.1 Å². The van der Waals surface area contributed by atoms with Crippen LogP contribution in [-0.4, -0.2) is 86.9 Å².